The summed E-state index contributed by atoms with van der Waals surface area (Å²) in [7, 11) is 0. The second-order valence-corrected chi connectivity index (χ2v) is 5.47. The predicted octanol–water partition coefficient (Wildman–Crippen LogP) is 1.94. The van der Waals surface area contributed by atoms with Crippen molar-refractivity contribution < 1.29 is 9.18 Å². The molecule has 110 valence electrons. The fourth-order valence-corrected chi connectivity index (χ4v) is 2.74. The standard InChI is InChI=1S/C16H18FN3O/c17-14-4-2-1-3-13(14)9-16(21)19-10-12-5-6-15-18-7-8-20(15)11-12/h1-4,7-8,12H,5-6,9-11H2,(H,19,21)/t12-/m1/s1. The van der Waals surface area contributed by atoms with Crippen molar-refractivity contribution in [3.8, 4) is 0 Å². The first kappa shape index (κ1) is 13.8. The third-order valence-corrected chi connectivity index (χ3v) is 3.93. The van der Waals surface area contributed by atoms with E-state index in [0.29, 0.717) is 18.0 Å². The van der Waals surface area contributed by atoms with Crippen molar-refractivity contribution >= 4 is 5.91 Å². The fourth-order valence-electron chi connectivity index (χ4n) is 2.74. The molecule has 2 heterocycles. The van der Waals surface area contributed by atoms with Crippen molar-refractivity contribution in [3.63, 3.8) is 0 Å². The zero-order valence-corrected chi connectivity index (χ0v) is 11.8. The molecule has 1 aliphatic rings. The van der Waals surface area contributed by atoms with Crippen molar-refractivity contribution in [3.05, 3.63) is 53.9 Å². The van der Waals surface area contributed by atoms with Crippen molar-refractivity contribution in [2.24, 2.45) is 5.92 Å². The molecule has 4 nitrogen and oxygen atoms in total. The number of amides is 1. The summed E-state index contributed by atoms with van der Waals surface area (Å²) in [4.78, 5) is 16.2. The van der Waals surface area contributed by atoms with Gasteiger partial charge >= 0.3 is 0 Å². The lowest BCUT2D eigenvalue weighted by Crippen LogP contribution is -2.34. The lowest BCUT2D eigenvalue weighted by Gasteiger charge is -2.24. The lowest BCUT2D eigenvalue weighted by molar-refractivity contribution is -0.120. The first-order valence-corrected chi connectivity index (χ1v) is 7.22. The van der Waals surface area contributed by atoms with Gasteiger partial charge in [0.2, 0.25) is 5.91 Å². The summed E-state index contributed by atoms with van der Waals surface area (Å²) in [6.07, 6.45) is 5.85. The van der Waals surface area contributed by atoms with E-state index < -0.39 is 0 Å². The molecule has 0 radical (unpaired) electrons. The Labute approximate surface area is 123 Å². The second kappa shape index (κ2) is 6.08. The maximum Gasteiger partial charge on any atom is 0.224 e. The average Bonchev–Trinajstić information content (AvgIpc) is 2.95. The van der Waals surface area contributed by atoms with Gasteiger partial charge in [0.25, 0.3) is 0 Å². The number of nitrogens with one attached hydrogen (secondary N) is 1. The Hall–Kier alpha value is -2.17. The smallest absolute Gasteiger partial charge is 0.224 e. The molecule has 1 atom stereocenters. The van der Waals surface area contributed by atoms with Gasteiger partial charge in [-0.15, -0.1) is 0 Å². The number of aryl methyl sites for hydroxylation is 1. The number of halogens is 1. The highest BCUT2D eigenvalue weighted by Gasteiger charge is 2.19. The molecular formula is C16H18FN3O. The quantitative estimate of drug-likeness (QED) is 0.934. The van der Waals surface area contributed by atoms with Crippen LogP contribution in [-0.4, -0.2) is 22.0 Å². The summed E-state index contributed by atoms with van der Waals surface area (Å²) in [5.74, 6) is 1.07. The Morgan fingerprint density at radius 2 is 2.29 bits per heavy atom. The molecule has 0 unspecified atom stereocenters. The van der Waals surface area contributed by atoms with E-state index in [-0.39, 0.29) is 18.1 Å². The van der Waals surface area contributed by atoms with Gasteiger partial charge in [0, 0.05) is 31.9 Å². The Bertz CT molecular complexity index is 638. The lowest BCUT2D eigenvalue weighted by atomic mass is 9.99. The van der Waals surface area contributed by atoms with Crippen LogP contribution < -0.4 is 5.32 Å². The monoisotopic (exact) mass is 287 g/mol. The van der Waals surface area contributed by atoms with Crippen LogP contribution in [0, 0.1) is 11.7 Å². The minimum Gasteiger partial charge on any atom is -0.355 e. The predicted molar refractivity (Wildman–Crippen MR) is 77.2 cm³/mol. The van der Waals surface area contributed by atoms with Crippen molar-refractivity contribution in [2.75, 3.05) is 6.54 Å². The number of carbonyl (C=O) groups is 1. The van der Waals surface area contributed by atoms with Crippen LogP contribution in [0.4, 0.5) is 4.39 Å². The van der Waals surface area contributed by atoms with E-state index in [1.54, 1.807) is 18.2 Å². The van der Waals surface area contributed by atoms with Gasteiger partial charge in [-0.3, -0.25) is 4.79 Å². The Morgan fingerprint density at radius 1 is 1.43 bits per heavy atom. The SMILES string of the molecule is O=C(Cc1ccccc1F)NC[C@H]1CCc2nccn2C1. The first-order chi connectivity index (χ1) is 10.2. The highest BCUT2D eigenvalue weighted by molar-refractivity contribution is 5.78. The number of benzene rings is 1. The normalized spacial score (nSPS) is 17.3. The number of rotatable bonds is 4. The molecule has 2 aromatic rings. The van der Waals surface area contributed by atoms with Gasteiger partial charge in [0.1, 0.15) is 11.6 Å². The minimum atomic E-state index is -0.326. The summed E-state index contributed by atoms with van der Waals surface area (Å²) in [6.45, 7) is 1.51. The molecule has 0 fully saturated rings. The van der Waals surface area contributed by atoms with Crippen molar-refractivity contribution in [1.82, 2.24) is 14.9 Å². The van der Waals surface area contributed by atoms with Gasteiger partial charge in [-0.05, 0) is 24.0 Å². The number of imidazole rings is 1. The third kappa shape index (κ3) is 3.29. The molecular weight excluding hydrogens is 269 g/mol. The molecule has 1 amide bonds. The second-order valence-electron chi connectivity index (χ2n) is 5.47. The van der Waals surface area contributed by atoms with Gasteiger partial charge < -0.3 is 9.88 Å². The van der Waals surface area contributed by atoms with Crippen LogP contribution in [0.5, 0.6) is 0 Å². The van der Waals surface area contributed by atoms with Crippen LogP contribution in [-0.2, 0) is 24.2 Å². The van der Waals surface area contributed by atoms with Crippen LogP contribution in [0.1, 0.15) is 17.8 Å². The zero-order valence-electron chi connectivity index (χ0n) is 11.8. The number of aromatic nitrogens is 2. The largest absolute Gasteiger partial charge is 0.355 e. The van der Waals surface area contributed by atoms with E-state index in [2.05, 4.69) is 14.9 Å². The van der Waals surface area contributed by atoms with Gasteiger partial charge in [0.05, 0.1) is 6.42 Å². The van der Waals surface area contributed by atoms with Gasteiger partial charge in [-0.1, -0.05) is 18.2 Å². The summed E-state index contributed by atoms with van der Waals surface area (Å²) >= 11 is 0. The number of hydrogen-bond acceptors (Lipinski definition) is 2. The highest BCUT2D eigenvalue weighted by atomic mass is 19.1. The molecule has 1 aromatic heterocycles. The fraction of sp³-hybridized carbons (Fsp3) is 0.375. The van der Waals surface area contributed by atoms with Crippen molar-refractivity contribution in [2.45, 2.75) is 25.8 Å². The Kier molecular flexibility index (Phi) is 3.99. The van der Waals surface area contributed by atoms with E-state index in [9.17, 15) is 9.18 Å². The van der Waals surface area contributed by atoms with E-state index in [1.807, 2.05) is 12.4 Å². The maximum absolute atomic E-state index is 13.5. The van der Waals surface area contributed by atoms with Crippen LogP contribution in [0.3, 0.4) is 0 Å². The topological polar surface area (TPSA) is 46.9 Å². The molecule has 21 heavy (non-hydrogen) atoms. The Morgan fingerprint density at radius 3 is 3.14 bits per heavy atom. The van der Waals surface area contributed by atoms with Gasteiger partial charge in [-0.2, -0.15) is 0 Å². The molecule has 1 aromatic carbocycles. The van der Waals surface area contributed by atoms with Crippen LogP contribution >= 0.6 is 0 Å². The minimum absolute atomic E-state index is 0.0930. The van der Waals surface area contributed by atoms with E-state index in [1.165, 1.54) is 6.07 Å². The molecule has 0 saturated heterocycles. The summed E-state index contributed by atoms with van der Waals surface area (Å²) in [6, 6.07) is 6.40. The summed E-state index contributed by atoms with van der Waals surface area (Å²) in [5.41, 5.74) is 0.440. The van der Waals surface area contributed by atoms with Crippen LogP contribution in [0.25, 0.3) is 0 Å². The molecule has 1 aliphatic heterocycles. The van der Waals surface area contributed by atoms with Gasteiger partial charge in [-0.25, -0.2) is 9.37 Å². The molecule has 0 bridgehead atoms. The van der Waals surface area contributed by atoms with Crippen molar-refractivity contribution in [1.29, 1.82) is 0 Å². The summed E-state index contributed by atoms with van der Waals surface area (Å²) < 4.78 is 15.6. The third-order valence-electron chi connectivity index (χ3n) is 3.93. The van der Waals surface area contributed by atoms with E-state index in [4.69, 9.17) is 0 Å². The molecule has 3 rings (SSSR count). The van der Waals surface area contributed by atoms with E-state index in [0.717, 1.165) is 25.2 Å². The van der Waals surface area contributed by atoms with Gasteiger partial charge in [0.15, 0.2) is 0 Å². The molecule has 0 spiro atoms. The van der Waals surface area contributed by atoms with Crippen LogP contribution in [0.2, 0.25) is 0 Å². The van der Waals surface area contributed by atoms with Crippen LogP contribution in [0.15, 0.2) is 36.7 Å². The Balaban J connectivity index is 1.50. The molecule has 5 heteroatoms. The van der Waals surface area contributed by atoms with E-state index >= 15 is 0 Å². The molecule has 0 saturated carbocycles. The molecule has 1 N–H and O–H groups in total. The maximum atomic E-state index is 13.5. The number of fused-ring (bicyclic) bond motifs is 1. The average molecular weight is 287 g/mol. The number of carbonyl (C=O) groups excluding carboxylic acids is 1. The zero-order chi connectivity index (χ0) is 14.7. The molecule has 0 aliphatic carbocycles. The highest BCUT2D eigenvalue weighted by Crippen LogP contribution is 2.18. The summed E-state index contributed by atoms with van der Waals surface area (Å²) in [5, 5.41) is 2.91. The first-order valence-electron chi connectivity index (χ1n) is 7.22. The number of hydrogen-bond donors (Lipinski definition) is 1. The number of nitrogens with zero attached hydrogens (tertiary/aromatic N) is 2.